The third-order valence-electron chi connectivity index (χ3n) is 3.92. The first-order chi connectivity index (χ1) is 9.52. The normalized spacial score (nSPS) is 16.9. The maximum atomic E-state index is 6.40. The largest absolute Gasteiger partial charge is 0.329 e. The predicted octanol–water partition coefficient (Wildman–Crippen LogP) is 4.61. The molecule has 2 rings (SSSR count). The monoisotopic (exact) mass is 358 g/mol. The lowest BCUT2D eigenvalue weighted by Crippen LogP contribution is -2.37. The van der Waals surface area contributed by atoms with Crippen molar-refractivity contribution in [1.82, 2.24) is 4.90 Å². The van der Waals surface area contributed by atoms with Crippen LogP contribution in [0.25, 0.3) is 0 Å². The van der Waals surface area contributed by atoms with E-state index in [-0.39, 0.29) is 6.04 Å². The van der Waals surface area contributed by atoms with Crippen LogP contribution in [0.1, 0.15) is 44.7 Å². The number of nitrogens with zero attached hydrogens (tertiary/aromatic N) is 1. The van der Waals surface area contributed by atoms with Gasteiger partial charge >= 0.3 is 0 Å². The zero-order chi connectivity index (χ0) is 14.7. The van der Waals surface area contributed by atoms with Gasteiger partial charge in [0, 0.05) is 28.1 Å². The molecule has 0 bridgehead atoms. The molecule has 4 heteroatoms. The van der Waals surface area contributed by atoms with E-state index in [1.807, 2.05) is 12.1 Å². The summed E-state index contributed by atoms with van der Waals surface area (Å²) in [5, 5.41) is 0.818. The molecule has 1 fully saturated rings. The molecular weight excluding hydrogens is 336 g/mol. The summed E-state index contributed by atoms with van der Waals surface area (Å²) in [4.78, 5) is 2.56. The Morgan fingerprint density at radius 1 is 1.40 bits per heavy atom. The van der Waals surface area contributed by atoms with Crippen LogP contribution in [0.2, 0.25) is 5.02 Å². The highest BCUT2D eigenvalue weighted by Gasteiger charge is 2.34. The molecule has 1 saturated carbocycles. The minimum absolute atomic E-state index is 0.228. The average molecular weight is 360 g/mol. The van der Waals surface area contributed by atoms with Crippen LogP contribution in [0.3, 0.4) is 0 Å². The Labute approximate surface area is 135 Å². The molecule has 2 N–H and O–H groups in total. The van der Waals surface area contributed by atoms with Gasteiger partial charge in [-0.15, -0.1) is 0 Å². The maximum absolute atomic E-state index is 6.40. The lowest BCUT2D eigenvalue weighted by molar-refractivity contribution is 0.181. The Morgan fingerprint density at radius 3 is 2.65 bits per heavy atom. The van der Waals surface area contributed by atoms with Gasteiger partial charge in [-0.3, -0.25) is 4.90 Å². The summed E-state index contributed by atoms with van der Waals surface area (Å²) in [7, 11) is 0. The minimum Gasteiger partial charge on any atom is -0.329 e. The molecule has 0 aliphatic heterocycles. The molecule has 1 atom stereocenters. The minimum atomic E-state index is 0.228. The van der Waals surface area contributed by atoms with Crippen molar-refractivity contribution in [3.8, 4) is 0 Å². The van der Waals surface area contributed by atoms with Gasteiger partial charge in [0.2, 0.25) is 0 Å². The van der Waals surface area contributed by atoms with Gasteiger partial charge in [0.15, 0.2) is 0 Å². The Hall–Kier alpha value is -0.0900. The number of halogens is 2. The highest BCUT2D eigenvalue weighted by Crippen LogP contribution is 2.37. The SMILES string of the molecule is CC(C)CCN(C1CC1)C(CN)c1cc(Br)ccc1Cl. The molecule has 0 saturated heterocycles. The van der Waals surface area contributed by atoms with Gasteiger partial charge in [-0.2, -0.15) is 0 Å². The molecule has 1 aliphatic rings. The molecule has 1 unspecified atom stereocenters. The lowest BCUT2D eigenvalue weighted by Gasteiger charge is -2.32. The summed E-state index contributed by atoms with van der Waals surface area (Å²) in [6, 6.07) is 6.97. The van der Waals surface area contributed by atoms with Crippen LogP contribution in [-0.2, 0) is 0 Å². The number of nitrogens with two attached hydrogens (primary N) is 1. The van der Waals surface area contributed by atoms with E-state index in [0.29, 0.717) is 18.5 Å². The van der Waals surface area contributed by atoms with Crippen LogP contribution >= 0.6 is 27.5 Å². The average Bonchev–Trinajstić information content (AvgIpc) is 3.22. The maximum Gasteiger partial charge on any atom is 0.0488 e. The van der Waals surface area contributed by atoms with Gasteiger partial charge in [-0.05, 0) is 55.5 Å². The van der Waals surface area contributed by atoms with Crippen molar-refractivity contribution in [3.05, 3.63) is 33.3 Å². The fraction of sp³-hybridized carbons (Fsp3) is 0.625. The van der Waals surface area contributed by atoms with Gasteiger partial charge in [-0.25, -0.2) is 0 Å². The van der Waals surface area contributed by atoms with Crippen molar-refractivity contribution >= 4 is 27.5 Å². The van der Waals surface area contributed by atoms with E-state index in [4.69, 9.17) is 17.3 Å². The van der Waals surface area contributed by atoms with Gasteiger partial charge in [0.1, 0.15) is 0 Å². The van der Waals surface area contributed by atoms with Gasteiger partial charge in [-0.1, -0.05) is 41.4 Å². The molecule has 1 aromatic carbocycles. The van der Waals surface area contributed by atoms with Gasteiger partial charge in [0.25, 0.3) is 0 Å². The van der Waals surface area contributed by atoms with Crippen molar-refractivity contribution in [2.24, 2.45) is 11.7 Å². The first-order valence-corrected chi connectivity index (χ1v) is 8.60. The lowest BCUT2D eigenvalue weighted by atomic mass is 10.0. The summed E-state index contributed by atoms with van der Waals surface area (Å²) in [5.74, 6) is 0.715. The van der Waals surface area contributed by atoms with E-state index in [1.165, 1.54) is 19.3 Å². The first kappa shape index (κ1) is 16.3. The molecule has 0 amide bonds. The molecule has 0 spiro atoms. The molecule has 112 valence electrons. The van der Waals surface area contributed by atoms with Crippen LogP contribution in [0.4, 0.5) is 0 Å². The first-order valence-electron chi connectivity index (χ1n) is 7.43. The summed E-state index contributed by atoms with van der Waals surface area (Å²) in [6.45, 7) is 6.26. The Kier molecular flexibility index (Phi) is 5.91. The van der Waals surface area contributed by atoms with Crippen LogP contribution in [0.15, 0.2) is 22.7 Å². The highest BCUT2D eigenvalue weighted by molar-refractivity contribution is 9.10. The second-order valence-corrected chi connectivity index (χ2v) is 7.39. The molecule has 20 heavy (non-hydrogen) atoms. The third-order valence-corrected chi connectivity index (χ3v) is 4.76. The van der Waals surface area contributed by atoms with Crippen molar-refractivity contribution in [3.63, 3.8) is 0 Å². The Morgan fingerprint density at radius 2 is 2.10 bits per heavy atom. The number of hydrogen-bond donors (Lipinski definition) is 1. The molecule has 0 aromatic heterocycles. The van der Waals surface area contributed by atoms with Crippen molar-refractivity contribution in [2.75, 3.05) is 13.1 Å². The van der Waals surface area contributed by atoms with Crippen LogP contribution in [-0.4, -0.2) is 24.0 Å². The van der Waals surface area contributed by atoms with Crippen molar-refractivity contribution in [2.45, 2.75) is 45.2 Å². The fourth-order valence-corrected chi connectivity index (χ4v) is 3.24. The van der Waals surface area contributed by atoms with Crippen molar-refractivity contribution < 1.29 is 0 Å². The molecule has 1 aliphatic carbocycles. The van der Waals surface area contributed by atoms with E-state index < -0.39 is 0 Å². The summed E-state index contributed by atoms with van der Waals surface area (Å²) in [5.41, 5.74) is 7.23. The van der Waals surface area contributed by atoms with Gasteiger partial charge < -0.3 is 5.73 Å². The van der Waals surface area contributed by atoms with Crippen LogP contribution in [0, 0.1) is 5.92 Å². The van der Waals surface area contributed by atoms with Gasteiger partial charge in [0.05, 0.1) is 0 Å². The second-order valence-electron chi connectivity index (χ2n) is 6.07. The quantitative estimate of drug-likeness (QED) is 0.770. The summed E-state index contributed by atoms with van der Waals surface area (Å²) < 4.78 is 1.06. The molecule has 1 aromatic rings. The van der Waals surface area contributed by atoms with Crippen molar-refractivity contribution in [1.29, 1.82) is 0 Å². The number of benzene rings is 1. The Bertz CT molecular complexity index is 446. The highest BCUT2D eigenvalue weighted by atomic mass is 79.9. The molecule has 0 radical (unpaired) electrons. The zero-order valence-electron chi connectivity index (χ0n) is 12.3. The fourth-order valence-electron chi connectivity index (χ4n) is 2.62. The smallest absolute Gasteiger partial charge is 0.0488 e. The molecular formula is C16H24BrClN2. The van der Waals surface area contributed by atoms with Crippen LogP contribution < -0.4 is 5.73 Å². The molecule has 2 nitrogen and oxygen atoms in total. The topological polar surface area (TPSA) is 29.3 Å². The molecule has 0 heterocycles. The van der Waals surface area contributed by atoms with E-state index in [0.717, 1.165) is 21.6 Å². The van der Waals surface area contributed by atoms with Crippen LogP contribution in [0.5, 0.6) is 0 Å². The second kappa shape index (κ2) is 7.26. The van der Waals surface area contributed by atoms with E-state index in [2.05, 4.69) is 40.7 Å². The van der Waals surface area contributed by atoms with E-state index in [9.17, 15) is 0 Å². The third kappa shape index (κ3) is 4.20. The van der Waals surface area contributed by atoms with E-state index in [1.54, 1.807) is 0 Å². The predicted molar refractivity (Wildman–Crippen MR) is 90.1 cm³/mol. The zero-order valence-corrected chi connectivity index (χ0v) is 14.6. The Balaban J connectivity index is 2.21. The standard InChI is InChI=1S/C16H24BrClN2/c1-11(2)7-8-20(13-4-5-13)16(10-19)14-9-12(17)3-6-15(14)18/h3,6,9,11,13,16H,4-5,7-8,10,19H2,1-2H3. The summed E-state index contributed by atoms with van der Waals surface area (Å²) >= 11 is 9.94. The van der Waals surface area contributed by atoms with E-state index >= 15 is 0 Å². The number of hydrogen-bond acceptors (Lipinski definition) is 2. The number of rotatable bonds is 7. The summed E-state index contributed by atoms with van der Waals surface area (Å²) in [6.07, 6.45) is 3.79.